The third-order valence-corrected chi connectivity index (χ3v) is 6.60. The summed E-state index contributed by atoms with van der Waals surface area (Å²) in [6, 6.07) is 0. The first kappa shape index (κ1) is 18.9. The Morgan fingerprint density at radius 3 is 2.81 bits per heavy atom. The SMILES string of the molecule is C=CC(=O)OC(CC)NCCCCCCCC1CCSS1. The van der Waals surface area contributed by atoms with Gasteiger partial charge in [-0.2, -0.15) is 0 Å². The van der Waals surface area contributed by atoms with Gasteiger partial charge < -0.3 is 4.74 Å². The predicted octanol–water partition coefficient (Wildman–Crippen LogP) is 4.54. The molecule has 122 valence electrons. The van der Waals surface area contributed by atoms with Crippen molar-refractivity contribution >= 4 is 27.6 Å². The highest BCUT2D eigenvalue weighted by Crippen LogP contribution is 2.39. The first-order valence-corrected chi connectivity index (χ1v) is 10.5. The highest BCUT2D eigenvalue weighted by molar-refractivity contribution is 8.77. The molecule has 0 saturated carbocycles. The molecule has 2 atom stereocenters. The van der Waals surface area contributed by atoms with Gasteiger partial charge in [0.2, 0.25) is 0 Å². The summed E-state index contributed by atoms with van der Waals surface area (Å²) < 4.78 is 5.18. The van der Waals surface area contributed by atoms with Crippen molar-refractivity contribution in [2.75, 3.05) is 12.3 Å². The van der Waals surface area contributed by atoms with Crippen molar-refractivity contribution in [1.82, 2.24) is 5.32 Å². The zero-order chi connectivity index (χ0) is 15.3. The zero-order valence-corrected chi connectivity index (χ0v) is 14.8. The molecule has 1 aliphatic heterocycles. The van der Waals surface area contributed by atoms with Crippen LogP contribution in [-0.4, -0.2) is 29.7 Å². The van der Waals surface area contributed by atoms with Gasteiger partial charge in [0.1, 0.15) is 0 Å². The van der Waals surface area contributed by atoms with Crippen molar-refractivity contribution in [3.8, 4) is 0 Å². The minimum absolute atomic E-state index is 0.174. The van der Waals surface area contributed by atoms with Gasteiger partial charge in [-0.15, -0.1) is 0 Å². The van der Waals surface area contributed by atoms with Crippen molar-refractivity contribution in [3.63, 3.8) is 0 Å². The molecule has 1 fully saturated rings. The van der Waals surface area contributed by atoms with E-state index < -0.39 is 0 Å². The standard InChI is InChI=1S/C16H29NO2S2/c1-3-15(19-16(18)4-2)17-12-9-7-5-6-8-10-14-11-13-20-21-14/h4,14-15,17H,2-3,5-13H2,1H3. The minimum atomic E-state index is -0.350. The van der Waals surface area contributed by atoms with E-state index in [0.29, 0.717) is 0 Å². The molecular formula is C16H29NO2S2. The van der Waals surface area contributed by atoms with E-state index in [2.05, 4.69) is 22.7 Å². The summed E-state index contributed by atoms with van der Waals surface area (Å²) in [7, 11) is 4.12. The Balaban J connectivity index is 1.88. The number of rotatable bonds is 12. The second-order valence-corrected chi connectivity index (χ2v) is 8.16. The number of ether oxygens (including phenoxy) is 1. The number of hydrogen-bond donors (Lipinski definition) is 1. The van der Waals surface area contributed by atoms with Crippen molar-refractivity contribution in [3.05, 3.63) is 12.7 Å². The molecule has 0 aromatic carbocycles. The third-order valence-electron chi connectivity index (χ3n) is 3.60. The molecule has 1 rings (SSSR count). The van der Waals surface area contributed by atoms with Crippen LogP contribution in [0.3, 0.4) is 0 Å². The summed E-state index contributed by atoms with van der Waals surface area (Å²) in [4.78, 5) is 11.1. The molecule has 0 bridgehead atoms. The molecule has 3 nitrogen and oxygen atoms in total. The van der Waals surface area contributed by atoms with Crippen LogP contribution in [0.25, 0.3) is 0 Å². The lowest BCUT2D eigenvalue weighted by atomic mass is 10.1. The maximum atomic E-state index is 11.1. The summed E-state index contributed by atoms with van der Waals surface area (Å²) in [5.74, 6) is 0.994. The van der Waals surface area contributed by atoms with E-state index in [9.17, 15) is 4.79 Å². The lowest BCUT2D eigenvalue weighted by Gasteiger charge is -2.16. The second kappa shape index (κ2) is 12.4. The molecule has 0 amide bonds. The molecule has 1 heterocycles. The molecule has 0 aliphatic carbocycles. The van der Waals surface area contributed by atoms with Crippen molar-refractivity contribution in [2.24, 2.45) is 0 Å². The Kier molecular flexibility index (Phi) is 11.2. The average molecular weight is 332 g/mol. The van der Waals surface area contributed by atoms with Gasteiger partial charge in [-0.3, -0.25) is 5.32 Å². The Morgan fingerprint density at radius 1 is 1.38 bits per heavy atom. The van der Waals surface area contributed by atoms with Gasteiger partial charge in [0.05, 0.1) is 0 Å². The lowest BCUT2D eigenvalue weighted by Crippen LogP contribution is -2.33. The molecule has 1 N–H and O–H groups in total. The second-order valence-electron chi connectivity index (χ2n) is 5.38. The van der Waals surface area contributed by atoms with E-state index in [4.69, 9.17) is 4.74 Å². The normalized spacial score (nSPS) is 19.4. The Bertz CT molecular complexity index is 294. The smallest absolute Gasteiger partial charge is 0.331 e. The summed E-state index contributed by atoms with van der Waals surface area (Å²) in [6.07, 6.45) is 11.1. The fraction of sp³-hybridized carbons (Fsp3) is 0.812. The monoisotopic (exact) mass is 331 g/mol. The Morgan fingerprint density at radius 2 is 2.14 bits per heavy atom. The molecule has 1 aliphatic rings. The van der Waals surface area contributed by atoms with Crippen LogP contribution in [0.15, 0.2) is 12.7 Å². The fourth-order valence-electron chi connectivity index (χ4n) is 2.31. The molecular weight excluding hydrogens is 302 g/mol. The van der Waals surface area contributed by atoms with Gasteiger partial charge in [-0.1, -0.05) is 60.8 Å². The quantitative estimate of drug-likeness (QED) is 0.187. The highest BCUT2D eigenvalue weighted by atomic mass is 33.1. The maximum Gasteiger partial charge on any atom is 0.331 e. The van der Waals surface area contributed by atoms with E-state index in [0.717, 1.165) is 24.6 Å². The molecule has 0 spiro atoms. The maximum absolute atomic E-state index is 11.1. The van der Waals surface area contributed by atoms with Gasteiger partial charge in [-0.25, -0.2) is 4.79 Å². The lowest BCUT2D eigenvalue weighted by molar-refractivity contribution is -0.144. The number of unbranched alkanes of at least 4 members (excludes halogenated alkanes) is 4. The largest absolute Gasteiger partial charge is 0.443 e. The van der Waals surface area contributed by atoms with E-state index in [1.165, 1.54) is 50.4 Å². The van der Waals surface area contributed by atoms with Gasteiger partial charge >= 0.3 is 5.97 Å². The molecule has 2 unspecified atom stereocenters. The summed E-state index contributed by atoms with van der Waals surface area (Å²) in [5.41, 5.74) is 0. The molecule has 0 radical (unpaired) electrons. The van der Waals surface area contributed by atoms with Gasteiger partial charge in [0, 0.05) is 17.1 Å². The summed E-state index contributed by atoms with van der Waals surface area (Å²) in [5, 5.41) is 4.19. The van der Waals surface area contributed by atoms with Gasteiger partial charge in [0.25, 0.3) is 0 Å². The Hall–Kier alpha value is -0.130. The van der Waals surface area contributed by atoms with Crippen molar-refractivity contribution < 1.29 is 9.53 Å². The van der Waals surface area contributed by atoms with Crippen LogP contribution in [-0.2, 0) is 9.53 Å². The molecule has 0 aromatic rings. The first-order valence-electron chi connectivity index (χ1n) is 8.11. The molecule has 21 heavy (non-hydrogen) atoms. The van der Waals surface area contributed by atoms with E-state index in [1.807, 2.05) is 17.7 Å². The van der Waals surface area contributed by atoms with E-state index in [1.54, 1.807) is 0 Å². The number of carbonyl (C=O) groups excluding carboxylic acids is 1. The van der Waals surface area contributed by atoms with E-state index >= 15 is 0 Å². The van der Waals surface area contributed by atoms with Crippen LogP contribution in [0, 0.1) is 0 Å². The van der Waals surface area contributed by atoms with Crippen molar-refractivity contribution in [2.45, 2.75) is 69.8 Å². The van der Waals surface area contributed by atoms with E-state index in [-0.39, 0.29) is 12.2 Å². The highest BCUT2D eigenvalue weighted by Gasteiger charge is 2.15. The number of nitrogens with one attached hydrogen (secondary N) is 1. The number of hydrogen-bond acceptors (Lipinski definition) is 5. The third kappa shape index (κ3) is 9.48. The molecule has 1 saturated heterocycles. The van der Waals surface area contributed by atoms with Crippen LogP contribution in [0.1, 0.15) is 58.3 Å². The number of esters is 1. The van der Waals surface area contributed by atoms with Crippen LogP contribution in [0.5, 0.6) is 0 Å². The first-order chi connectivity index (χ1) is 10.3. The van der Waals surface area contributed by atoms with Gasteiger partial charge in [-0.05, 0) is 32.2 Å². The van der Waals surface area contributed by atoms with Crippen LogP contribution < -0.4 is 5.32 Å². The van der Waals surface area contributed by atoms with Crippen molar-refractivity contribution in [1.29, 1.82) is 0 Å². The zero-order valence-electron chi connectivity index (χ0n) is 13.1. The predicted molar refractivity (Wildman–Crippen MR) is 94.5 cm³/mol. The summed E-state index contributed by atoms with van der Waals surface area (Å²) >= 11 is 0. The van der Waals surface area contributed by atoms with Gasteiger partial charge in [0.15, 0.2) is 6.23 Å². The number of carbonyl (C=O) groups is 1. The van der Waals surface area contributed by atoms with Crippen LogP contribution in [0.2, 0.25) is 0 Å². The summed E-state index contributed by atoms with van der Waals surface area (Å²) in [6.45, 7) is 6.33. The fourth-order valence-corrected chi connectivity index (χ4v) is 5.34. The average Bonchev–Trinajstić information content (AvgIpc) is 3.01. The molecule has 5 heteroatoms. The van der Waals surface area contributed by atoms with Crippen LogP contribution >= 0.6 is 21.6 Å². The Labute approximate surface area is 137 Å². The van der Waals surface area contributed by atoms with Crippen LogP contribution in [0.4, 0.5) is 0 Å². The minimum Gasteiger partial charge on any atom is -0.443 e. The topological polar surface area (TPSA) is 38.3 Å². The molecule has 0 aromatic heterocycles.